The number of amides is 1. The highest BCUT2D eigenvalue weighted by atomic mass is 35.5. The van der Waals surface area contributed by atoms with Gasteiger partial charge in [-0.2, -0.15) is 0 Å². The van der Waals surface area contributed by atoms with Crippen LogP contribution in [0.1, 0.15) is 25.6 Å². The number of nitrogens with zero attached hydrogens (tertiary/aromatic N) is 2. The van der Waals surface area contributed by atoms with E-state index >= 15 is 0 Å². The fourth-order valence-corrected chi connectivity index (χ4v) is 2.83. The highest BCUT2D eigenvalue weighted by molar-refractivity contribution is 7.18. The average molecular weight is 313 g/mol. The third-order valence-corrected chi connectivity index (χ3v) is 4.47. The second kappa shape index (κ2) is 5.54. The van der Waals surface area contributed by atoms with E-state index in [2.05, 4.69) is 28.3 Å². The van der Waals surface area contributed by atoms with E-state index in [9.17, 15) is 4.79 Å². The van der Waals surface area contributed by atoms with Crippen LogP contribution in [0.2, 0.25) is 5.28 Å². The van der Waals surface area contributed by atoms with Crippen LogP contribution in [-0.2, 0) is 11.2 Å². The Hall–Kier alpha value is -1.40. The van der Waals surface area contributed by atoms with Crippen LogP contribution in [0, 0.1) is 5.41 Å². The maximum absolute atomic E-state index is 11.3. The molecular formula is C13H17ClN4OS. The summed E-state index contributed by atoms with van der Waals surface area (Å²) in [5, 5.41) is 4.28. The van der Waals surface area contributed by atoms with Gasteiger partial charge in [0.2, 0.25) is 11.2 Å². The van der Waals surface area contributed by atoms with E-state index in [0.717, 1.165) is 16.6 Å². The third-order valence-electron chi connectivity index (χ3n) is 3.13. The number of carbonyl (C=O) groups is 1. The van der Waals surface area contributed by atoms with Crippen LogP contribution in [0.4, 0.5) is 5.82 Å². The van der Waals surface area contributed by atoms with E-state index in [1.165, 1.54) is 4.88 Å². The monoisotopic (exact) mass is 312 g/mol. The van der Waals surface area contributed by atoms with Gasteiger partial charge >= 0.3 is 0 Å². The maximum atomic E-state index is 11.3. The number of fused-ring (bicyclic) bond motifs is 1. The van der Waals surface area contributed by atoms with Crippen molar-refractivity contribution in [3.05, 3.63) is 16.2 Å². The molecule has 0 spiro atoms. The van der Waals surface area contributed by atoms with Gasteiger partial charge in [-0.05, 0) is 37.9 Å². The second-order valence-electron chi connectivity index (χ2n) is 5.23. The Morgan fingerprint density at radius 2 is 2.20 bits per heavy atom. The third kappa shape index (κ3) is 3.02. The van der Waals surface area contributed by atoms with Gasteiger partial charge in [0.05, 0.1) is 10.8 Å². The number of anilines is 1. The Labute approximate surface area is 126 Å². The zero-order chi connectivity index (χ0) is 14.9. The van der Waals surface area contributed by atoms with Crippen molar-refractivity contribution in [3.8, 4) is 0 Å². The summed E-state index contributed by atoms with van der Waals surface area (Å²) in [5.41, 5.74) is 4.71. The van der Waals surface area contributed by atoms with Gasteiger partial charge in [-0.1, -0.05) is 6.92 Å². The lowest BCUT2D eigenvalue weighted by Crippen LogP contribution is -2.37. The van der Waals surface area contributed by atoms with Gasteiger partial charge in [-0.15, -0.1) is 11.3 Å². The van der Waals surface area contributed by atoms with E-state index < -0.39 is 5.41 Å². The van der Waals surface area contributed by atoms with Crippen molar-refractivity contribution < 1.29 is 4.79 Å². The van der Waals surface area contributed by atoms with Gasteiger partial charge in [0, 0.05) is 11.4 Å². The first-order valence-electron chi connectivity index (χ1n) is 6.33. The fraction of sp³-hybridized carbons (Fsp3) is 0.462. The summed E-state index contributed by atoms with van der Waals surface area (Å²) in [6.07, 6.45) is 0.935. The second-order valence-corrected chi connectivity index (χ2v) is 6.68. The van der Waals surface area contributed by atoms with Crippen molar-refractivity contribution in [1.82, 2.24) is 9.97 Å². The van der Waals surface area contributed by atoms with Crippen molar-refractivity contribution in [2.24, 2.45) is 11.1 Å². The molecule has 2 aromatic heterocycles. The van der Waals surface area contributed by atoms with Gasteiger partial charge in [0.15, 0.2) is 0 Å². The van der Waals surface area contributed by atoms with Gasteiger partial charge in [0.1, 0.15) is 10.6 Å². The molecule has 0 saturated heterocycles. The van der Waals surface area contributed by atoms with Crippen molar-refractivity contribution in [2.75, 3.05) is 11.9 Å². The van der Waals surface area contributed by atoms with Crippen LogP contribution < -0.4 is 11.1 Å². The number of nitrogens with one attached hydrogen (secondary N) is 1. The minimum atomic E-state index is -0.659. The van der Waals surface area contributed by atoms with Crippen LogP contribution in [-0.4, -0.2) is 22.4 Å². The zero-order valence-electron chi connectivity index (χ0n) is 11.7. The molecule has 3 N–H and O–H groups in total. The summed E-state index contributed by atoms with van der Waals surface area (Å²) in [7, 11) is 0. The number of hydrogen-bond acceptors (Lipinski definition) is 5. The van der Waals surface area contributed by atoms with E-state index in [4.69, 9.17) is 17.3 Å². The number of halogens is 1. The highest BCUT2D eigenvalue weighted by Crippen LogP contribution is 2.30. The molecule has 0 aliphatic rings. The smallest absolute Gasteiger partial charge is 0.225 e. The lowest BCUT2D eigenvalue weighted by molar-refractivity contribution is -0.125. The van der Waals surface area contributed by atoms with Gasteiger partial charge < -0.3 is 11.1 Å². The van der Waals surface area contributed by atoms with Crippen LogP contribution in [0.15, 0.2) is 6.07 Å². The van der Waals surface area contributed by atoms with E-state index in [1.807, 2.05) is 0 Å². The Morgan fingerprint density at radius 1 is 1.50 bits per heavy atom. The molecule has 20 heavy (non-hydrogen) atoms. The number of nitrogens with two attached hydrogens (primary N) is 1. The summed E-state index contributed by atoms with van der Waals surface area (Å²) < 4.78 is 0. The Morgan fingerprint density at radius 3 is 2.80 bits per heavy atom. The van der Waals surface area contributed by atoms with Crippen molar-refractivity contribution in [3.63, 3.8) is 0 Å². The quantitative estimate of drug-likeness (QED) is 0.832. The largest absolute Gasteiger partial charge is 0.369 e. The molecule has 0 aromatic carbocycles. The molecule has 0 fully saturated rings. The molecule has 1 amide bonds. The fourth-order valence-electron chi connectivity index (χ4n) is 1.65. The molecule has 0 aliphatic heterocycles. The molecular weight excluding hydrogens is 296 g/mol. The molecule has 0 unspecified atom stereocenters. The molecule has 0 bridgehead atoms. The molecule has 5 nitrogen and oxygen atoms in total. The highest BCUT2D eigenvalue weighted by Gasteiger charge is 2.25. The number of rotatable bonds is 5. The van der Waals surface area contributed by atoms with Crippen LogP contribution >= 0.6 is 22.9 Å². The topological polar surface area (TPSA) is 80.9 Å². The molecule has 2 heterocycles. The first-order chi connectivity index (χ1) is 9.33. The lowest BCUT2D eigenvalue weighted by Gasteiger charge is -2.21. The minimum Gasteiger partial charge on any atom is -0.369 e. The molecule has 0 radical (unpaired) electrons. The predicted molar refractivity (Wildman–Crippen MR) is 83.3 cm³/mol. The molecule has 2 aromatic rings. The summed E-state index contributed by atoms with van der Waals surface area (Å²) in [4.78, 5) is 21.8. The molecule has 0 atom stereocenters. The number of aromatic nitrogens is 2. The maximum Gasteiger partial charge on any atom is 0.225 e. The average Bonchev–Trinajstić information content (AvgIpc) is 2.78. The number of aryl methyl sites for hydroxylation is 1. The Kier molecular flexibility index (Phi) is 4.15. The van der Waals surface area contributed by atoms with Crippen LogP contribution in [0.25, 0.3) is 10.2 Å². The summed E-state index contributed by atoms with van der Waals surface area (Å²) >= 11 is 7.54. The summed E-state index contributed by atoms with van der Waals surface area (Å²) in [5.74, 6) is 0.284. The first-order valence-corrected chi connectivity index (χ1v) is 7.52. The standard InChI is InChI=1S/C13H17ClN4OS/c1-4-7-5-8-9(16-6-13(2,3)11(15)19)17-12(14)18-10(8)20-7/h5H,4,6H2,1-3H3,(H2,15,19)(H,16,17,18). The van der Waals surface area contributed by atoms with Gasteiger partial charge in [0.25, 0.3) is 0 Å². The number of thiophene rings is 1. The van der Waals surface area contributed by atoms with Crippen molar-refractivity contribution in [1.29, 1.82) is 0 Å². The van der Waals surface area contributed by atoms with Crippen LogP contribution in [0.5, 0.6) is 0 Å². The predicted octanol–water partition coefficient (Wildman–Crippen LogP) is 2.83. The van der Waals surface area contributed by atoms with Crippen molar-refractivity contribution >= 4 is 44.9 Å². The lowest BCUT2D eigenvalue weighted by atomic mass is 9.93. The summed E-state index contributed by atoms with van der Waals surface area (Å²) in [6, 6.07) is 2.05. The SMILES string of the molecule is CCc1cc2c(NCC(C)(C)C(N)=O)nc(Cl)nc2s1. The number of carbonyl (C=O) groups excluding carboxylic acids is 1. The zero-order valence-corrected chi connectivity index (χ0v) is 13.2. The van der Waals surface area contributed by atoms with Crippen LogP contribution in [0.3, 0.4) is 0 Å². The molecule has 0 aliphatic carbocycles. The number of primary amides is 1. The van der Waals surface area contributed by atoms with Crippen molar-refractivity contribution in [2.45, 2.75) is 27.2 Å². The van der Waals surface area contributed by atoms with E-state index in [1.54, 1.807) is 25.2 Å². The molecule has 108 valence electrons. The van der Waals surface area contributed by atoms with E-state index in [-0.39, 0.29) is 11.2 Å². The summed E-state index contributed by atoms with van der Waals surface area (Å²) in [6.45, 7) is 6.05. The Balaban J connectivity index is 2.34. The first kappa shape index (κ1) is 15.0. The normalized spacial score (nSPS) is 11.8. The van der Waals surface area contributed by atoms with Gasteiger partial charge in [-0.3, -0.25) is 4.79 Å². The minimum absolute atomic E-state index is 0.196. The molecule has 0 saturated carbocycles. The van der Waals surface area contributed by atoms with Gasteiger partial charge in [-0.25, -0.2) is 9.97 Å². The molecule has 2 rings (SSSR count). The number of hydrogen-bond donors (Lipinski definition) is 2. The molecule has 7 heteroatoms. The Bertz CT molecular complexity index is 653. The van der Waals surface area contributed by atoms with E-state index in [0.29, 0.717) is 12.4 Å².